The van der Waals surface area contributed by atoms with Crippen LogP contribution in [0.15, 0.2) is 42.5 Å². The molecule has 2 rings (SSSR count). The topological polar surface area (TPSA) is 66.4 Å². The smallest absolute Gasteiger partial charge is 0.329 e. The molecule has 110 valence electrons. The Morgan fingerprint density at radius 2 is 1.67 bits per heavy atom. The summed E-state index contributed by atoms with van der Waals surface area (Å²) in [5.74, 6) is -1.35. The zero-order valence-corrected chi connectivity index (χ0v) is 12.2. The van der Waals surface area contributed by atoms with Crippen molar-refractivity contribution in [3.63, 3.8) is 0 Å². The summed E-state index contributed by atoms with van der Waals surface area (Å²) in [6.07, 6.45) is 0.685. The van der Waals surface area contributed by atoms with Crippen molar-refractivity contribution in [1.29, 1.82) is 0 Å². The molecule has 4 nitrogen and oxygen atoms in total. The van der Waals surface area contributed by atoms with Gasteiger partial charge in [0.15, 0.2) is 0 Å². The van der Waals surface area contributed by atoms with Crippen molar-refractivity contribution < 1.29 is 14.7 Å². The van der Waals surface area contributed by atoms with Crippen molar-refractivity contribution in [2.75, 3.05) is 0 Å². The molecule has 0 fully saturated rings. The molecule has 21 heavy (non-hydrogen) atoms. The highest BCUT2D eigenvalue weighted by atomic mass is 16.4. The van der Waals surface area contributed by atoms with Crippen LogP contribution < -0.4 is 5.32 Å². The van der Waals surface area contributed by atoms with Crippen molar-refractivity contribution in [1.82, 2.24) is 5.32 Å². The molecule has 0 saturated carbocycles. The van der Waals surface area contributed by atoms with Gasteiger partial charge in [-0.05, 0) is 29.7 Å². The van der Waals surface area contributed by atoms with Gasteiger partial charge in [0.1, 0.15) is 5.54 Å². The Morgan fingerprint density at radius 3 is 2.29 bits per heavy atom. The normalized spacial score (nSPS) is 11.3. The van der Waals surface area contributed by atoms with Crippen LogP contribution in [0.2, 0.25) is 0 Å². The lowest BCUT2D eigenvalue weighted by Gasteiger charge is -2.28. The zero-order chi connectivity index (χ0) is 15.5. The van der Waals surface area contributed by atoms with Crippen molar-refractivity contribution in [2.24, 2.45) is 0 Å². The second kappa shape index (κ2) is 5.95. The summed E-state index contributed by atoms with van der Waals surface area (Å²) in [6.45, 7) is 3.53. The van der Waals surface area contributed by atoms with Crippen LogP contribution in [0.4, 0.5) is 0 Å². The molecule has 0 spiro atoms. The first-order valence-corrected chi connectivity index (χ1v) is 7.07. The summed E-state index contributed by atoms with van der Waals surface area (Å²) in [5, 5.41) is 13.9. The Balaban J connectivity index is 2.41. The lowest BCUT2D eigenvalue weighted by atomic mass is 9.92. The van der Waals surface area contributed by atoms with Gasteiger partial charge >= 0.3 is 5.97 Å². The molecule has 0 atom stereocenters. The lowest BCUT2D eigenvalue weighted by Crippen LogP contribution is -2.53. The molecule has 0 saturated heterocycles. The van der Waals surface area contributed by atoms with Crippen LogP contribution >= 0.6 is 0 Å². The first-order chi connectivity index (χ1) is 10.0. The fourth-order valence-electron chi connectivity index (χ4n) is 2.49. The Bertz CT molecular complexity index is 669. The predicted octanol–water partition coefficient (Wildman–Crippen LogP) is 3.21. The molecule has 0 aliphatic carbocycles. The highest BCUT2D eigenvalue weighted by molar-refractivity contribution is 6.08. The molecule has 0 unspecified atom stereocenters. The van der Waals surface area contributed by atoms with Gasteiger partial charge in [-0.1, -0.05) is 50.2 Å². The summed E-state index contributed by atoms with van der Waals surface area (Å²) in [7, 11) is 0. The molecular weight excluding hydrogens is 266 g/mol. The van der Waals surface area contributed by atoms with Crippen molar-refractivity contribution in [3.05, 3.63) is 48.0 Å². The Kier molecular flexibility index (Phi) is 4.26. The van der Waals surface area contributed by atoms with Crippen LogP contribution in [0.25, 0.3) is 10.8 Å². The van der Waals surface area contributed by atoms with Crippen molar-refractivity contribution in [3.8, 4) is 0 Å². The number of carboxylic acids is 1. The van der Waals surface area contributed by atoms with Crippen LogP contribution in [0, 0.1) is 0 Å². The van der Waals surface area contributed by atoms with Crippen LogP contribution in [0.3, 0.4) is 0 Å². The van der Waals surface area contributed by atoms with E-state index in [0.29, 0.717) is 18.4 Å². The lowest BCUT2D eigenvalue weighted by molar-refractivity contribution is -0.144. The van der Waals surface area contributed by atoms with Gasteiger partial charge in [0.2, 0.25) is 0 Å². The van der Waals surface area contributed by atoms with Crippen molar-refractivity contribution >= 4 is 22.6 Å². The number of carbonyl (C=O) groups excluding carboxylic acids is 1. The number of aliphatic carboxylic acids is 1. The molecule has 0 aliphatic heterocycles. The van der Waals surface area contributed by atoms with Crippen LogP contribution in [0.1, 0.15) is 37.0 Å². The highest BCUT2D eigenvalue weighted by Crippen LogP contribution is 2.21. The van der Waals surface area contributed by atoms with Crippen LogP contribution in [-0.4, -0.2) is 22.5 Å². The third-order valence-corrected chi connectivity index (χ3v) is 4.00. The van der Waals surface area contributed by atoms with E-state index in [1.165, 1.54) is 0 Å². The fraction of sp³-hybridized carbons (Fsp3) is 0.294. The van der Waals surface area contributed by atoms with E-state index in [9.17, 15) is 14.7 Å². The quantitative estimate of drug-likeness (QED) is 0.886. The summed E-state index contributed by atoms with van der Waals surface area (Å²) in [5.41, 5.74) is -0.714. The van der Waals surface area contributed by atoms with Gasteiger partial charge in [-0.3, -0.25) is 4.79 Å². The van der Waals surface area contributed by atoms with Gasteiger partial charge in [0.05, 0.1) is 0 Å². The maximum Gasteiger partial charge on any atom is 0.329 e. The molecule has 1 amide bonds. The second-order valence-corrected chi connectivity index (χ2v) is 5.08. The molecular formula is C17H19NO3. The Morgan fingerprint density at radius 1 is 1.05 bits per heavy atom. The predicted molar refractivity (Wildman–Crippen MR) is 82.4 cm³/mol. The minimum atomic E-state index is -1.21. The molecule has 2 N–H and O–H groups in total. The van der Waals surface area contributed by atoms with Crippen molar-refractivity contribution in [2.45, 2.75) is 32.2 Å². The number of fused-ring (bicyclic) bond motifs is 1. The first-order valence-electron chi connectivity index (χ1n) is 7.07. The minimum Gasteiger partial charge on any atom is -0.480 e. The molecule has 0 bridgehead atoms. The number of carbonyl (C=O) groups is 2. The number of rotatable bonds is 5. The number of benzene rings is 2. The maximum atomic E-state index is 12.5. The molecule has 0 radical (unpaired) electrons. The zero-order valence-electron chi connectivity index (χ0n) is 12.2. The van der Waals surface area contributed by atoms with Gasteiger partial charge in [-0.2, -0.15) is 0 Å². The van der Waals surface area contributed by atoms with Gasteiger partial charge in [0.25, 0.3) is 5.91 Å². The average Bonchev–Trinajstić information content (AvgIpc) is 2.51. The van der Waals surface area contributed by atoms with E-state index < -0.39 is 11.5 Å². The number of hydrogen-bond donors (Lipinski definition) is 2. The van der Waals surface area contributed by atoms with E-state index in [4.69, 9.17) is 0 Å². The van der Waals surface area contributed by atoms with E-state index >= 15 is 0 Å². The maximum absolute atomic E-state index is 12.5. The Hall–Kier alpha value is -2.36. The standard InChI is InChI=1S/C17H19NO3/c1-3-17(4-2,16(20)21)18-15(19)14-11-7-9-12-8-5-6-10-13(12)14/h5-11H,3-4H2,1-2H3,(H,18,19)(H,20,21). The van der Waals surface area contributed by atoms with E-state index in [-0.39, 0.29) is 5.91 Å². The number of nitrogens with one attached hydrogen (secondary N) is 1. The monoisotopic (exact) mass is 285 g/mol. The minimum absolute atomic E-state index is 0.343. The van der Waals surface area contributed by atoms with Gasteiger partial charge < -0.3 is 10.4 Å². The van der Waals surface area contributed by atoms with E-state index in [1.807, 2.05) is 30.3 Å². The summed E-state index contributed by atoms with van der Waals surface area (Å²) >= 11 is 0. The number of hydrogen-bond acceptors (Lipinski definition) is 2. The van der Waals surface area contributed by atoms with Crippen LogP contribution in [0.5, 0.6) is 0 Å². The highest BCUT2D eigenvalue weighted by Gasteiger charge is 2.36. The van der Waals surface area contributed by atoms with Gasteiger partial charge in [-0.15, -0.1) is 0 Å². The summed E-state index contributed by atoms with van der Waals surface area (Å²) in [6, 6.07) is 13.0. The number of amides is 1. The van der Waals surface area contributed by atoms with E-state index in [1.54, 1.807) is 26.0 Å². The first kappa shape index (κ1) is 15.0. The molecule has 2 aromatic rings. The molecule has 0 heterocycles. The molecule has 2 aromatic carbocycles. The van der Waals surface area contributed by atoms with Gasteiger partial charge in [0, 0.05) is 5.56 Å². The number of carboxylic acid groups (broad SMARTS) is 1. The SMILES string of the molecule is CCC(CC)(NC(=O)c1cccc2ccccc12)C(=O)O. The summed E-state index contributed by atoms with van der Waals surface area (Å²) < 4.78 is 0. The molecule has 0 aromatic heterocycles. The van der Waals surface area contributed by atoms with E-state index in [2.05, 4.69) is 5.32 Å². The van der Waals surface area contributed by atoms with Gasteiger partial charge in [-0.25, -0.2) is 4.79 Å². The molecule has 0 aliphatic rings. The third-order valence-electron chi connectivity index (χ3n) is 4.00. The largest absolute Gasteiger partial charge is 0.480 e. The molecule has 4 heteroatoms. The third kappa shape index (κ3) is 2.75. The fourth-order valence-corrected chi connectivity index (χ4v) is 2.49. The van der Waals surface area contributed by atoms with E-state index in [0.717, 1.165) is 10.8 Å². The Labute approximate surface area is 123 Å². The second-order valence-electron chi connectivity index (χ2n) is 5.08. The van der Waals surface area contributed by atoms with Crippen LogP contribution in [-0.2, 0) is 4.79 Å². The summed E-state index contributed by atoms with van der Waals surface area (Å²) in [4.78, 5) is 24.0. The average molecular weight is 285 g/mol.